The number of nitrogens with two attached hydrogens (primary N) is 1. The van der Waals surface area contributed by atoms with E-state index in [1.165, 1.54) is 11.3 Å². The lowest BCUT2D eigenvalue weighted by atomic mass is 10.1. The highest BCUT2D eigenvalue weighted by atomic mass is 79.9. The fourth-order valence-electron chi connectivity index (χ4n) is 1.92. The van der Waals surface area contributed by atoms with Gasteiger partial charge in [0.25, 0.3) is 0 Å². The Morgan fingerprint density at radius 1 is 1.38 bits per heavy atom. The molecule has 0 spiro atoms. The van der Waals surface area contributed by atoms with Gasteiger partial charge in [-0.25, -0.2) is 0 Å². The third kappa shape index (κ3) is 2.47. The van der Waals surface area contributed by atoms with E-state index >= 15 is 0 Å². The van der Waals surface area contributed by atoms with Crippen LogP contribution in [0.25, 0.3) is 0 Å². The molecule has 1 aromatic carbocycles. The molecule has 0 unspecified atom stereocenters. The first-order valence-corrected chi connectivity index (χ1v) is 6.43. The van der Waals surface area contributed by atoms with Crippen molar-refractivity contribution in [2.24, 2.45) is 5.73 Å². The molecule has 0 saturated heterocycles. The second-order valence-electron chi connectivity index (χ2n) is 4.21. The van der Waals surface area contributed by atoms with E-state index in [2.05, 4.69) is 51.2 Å². The van der Waals surface area contributed by atoms with E-state index in [0.29, 0.717) is 0 Å². The lowest BCUT2D eigenvalue weighted by Gasteiger charge is -2.27. The van der Waals surface area contributed by atoms with E-state index in [-0.39, 0.29) is 6.04 Å². The van der Waals surface area contributed by atoms with Crippen LogP contribution < -0.4 is 10.6 Å². The van der Waals surface area contributed by atoms with E-state index < -0.39 is 0 Å². The Balaban J connectivity index is 2.25. The predicted octanol–water partition coefficient (Wildman–Crippen LogP) is 3.24. The Bertz CT molecular complexity index is 399. The van der Waals surface area contributed by atoms with Crippen molar-refractivity contribution < 1.29 is 0 Å². The third-order valence-corrected chi connectivity index (χ3v) is 3.53. The van der Waals surface area contributed by atoms with Gasteiger partial charge < -0.3 is 10.6 Å². The molecule has 0 aliphatic carbocycles. The molecule has 0 amide bonds. The highest BCUT2D eigenvalue weighted by molar-refractivity contribution is 9.10. The van der Waals surface area contributed by atoms with Crippen molar-refractivity contribution >= 4 is 21.6 Å². The standard InChI is InChI=1S/C13H17BrN2/c1-10(15)11-5-6-13(12(14)9-11)16-7-3-2-4-8-16/h2-3,5-6,9-10H,4,7-8,15H2,1H3/t10-/m0/s1. The molecule has 1 aliphatic rings. The quantitative estimate of drug-likeness (QED) is 0.843. The van der Waals surface area contributed by atoms with Crippen LogP contribution >= 0.6 is 15.9 Å². The lowest BCUT2D eigenvalue weighted by Crippen LogP contribution is -2.27. The average molecular weight is 281 g/mol. The van der Waals surface area contributed by atoms with Crippen molar-refractivity contribution in [3.05, 3.63) is 40.4 Å². The van der Waals surface area contributed by atoms with Crippen molar-refractivity contribution in [2.45, 2.75) is 19.4 Å². The Morgan fingerprint density at radius 2 is 2.19 bits per heavy atom. The van der Waals surface area contributed by atoms with Crippen molar-refractivity contribution in [1.29, 1.82) is 0 Å². The van der Waals surface area contributed by atoms with E-state index in [0.717, 1.165) is 24.0 Å². The zero-order valence-corrected chi connectivity index (χ0v) is 11.1. The van der Waals surface area contributed by atoms with Gasteiger partial charge in [-0.15, -0.1) is 0 Å². The van der Waals surface area contributed by atoms with Crippen LogP contribution in [0.4, 0.5) is 5.69 Å². The third-order valence-electron chi connectivity index (χ3n) is 2.90. The van der Waals surface area contributed by atoms with E-state index in [1.807, 2.05) is 6.92 Å². The van der Waals surface area contributed by atoms with Gasteiger partial charge in [0.2, 0.25) is 0 Å². The molecular weight excluding hydrogens is 264 g/mol. The number of rotatable bonds is 2. The molecule has 2 rings (SSSR count). The Hall–Kier alpha value is -0.800. The van der Waals surface area contributed by atoms with Gasteiger partial charge in [0.05, 0.1) is 5.69 Å². The number of nitrogens with zero attached hydrogens (tertiary/aromatic N) is 1. The first-order valence-electron chi connectivity index (χ1n) is 5.63. The van der Waals surface area contributed by atoms with Gasteiger partial charge in [-0.1, -0.05) is 18.2 Å². The molecule has 1 atom stereocenters. The summed E-state index contributed by atoms with van der Waals surface area (Å²) in [6, 6.07) is 6.48. The molecule has 1 aromatic rings. The summed E-state index contributed by atoms with van der Waals surface area (Å²) in [6.45, 7) is 4.09. The minimum absolute atomic E-state index is 0.0894. The highest BCUT2D eigenvalue weighted by Gasteiger charge is 2.11. The SMILES string of the molecule is C[C@H](N)c1ccc(N2CC=CCC2)c(Br)c1. The van der Waals surface area contributed by atoms with Gasteiger partial charge in [0, 0.05) is 23.6 Å². The van der Waals surface area contributed by atoms with Crippen LogP contribution in [0.3, 0.4) is 0 Å². The summed E-state index contributed by atoms with van der Waals surface area (Å²) in [7, 11) is 0. The molecule has 0 saturated carbocycles. The molecule has 2 N–H and O–H groups in total. The van der Waals surface area contributed by atoms with Crippen LogP contribution in [0.15, 0.2) is 34.8 Å². The molecule has 1 heterocycles. The first kappa shape index (κ1) is 11.7. The molecule has 1 aliphatic heterocycles. The second kappa shape index (κ2) is 5.02. The van der Waals surface area contributed by atoms with Crippen LogP contribution in [-0.4, -0.2) is 13.1 Å². The highest BCUT2D eigenvalue weighted by Crippen LogP contribution is 2.29. The fourth-order valence-corrected chi connectivity index (χ4v) is 2.57. The van der Waals surface area contributed by atoms with E-state index in [4.69, 9.17) is 5.73 Å². The summed E-state index contributed by atoms with van der Waals surface area (Å²) in [6.07, 6.45) is 5.58. The topological polar surface area (TPSA) is 29.3 Å². The van der Waals surface area contributed by atoms with Crippen LogP contribution in [-0.2, 0) is 0 Å². The first-order chi connectivity index (χ1) is 7.68. The molecule has 86 valence electrons. The van der Waals surface area contributed by atoms with Crippen molar-refractivity contribution in [1.82, 2.24) is 0 Å². The zero-order chi connectivity index (χ0) is 11.5. The van der Waals surface area contributed by atoms with Gasteiger partial charge in [-0.3, -0.25) is 0 Å². The number of benzene rings is 1. The number of anilines is 1. The van der Waals surface area contributed by atoms with Crippen molar-refractivity contribution in [3.8, 4) is 0 Å². The second-order valence-corrected chi connectivity index (χ2v) is 5.06. The van der Waals surface area contributed by atoms with Crippen LogP contribution in [0, 0.1) is 0 Å². The molecule has 0 bridgehead atoms. The molecule has 3 heteroatoms. The molecule has 2 nitrogen and oxygen atoms in total. The van der Waals surface area contributed by atoms with E-state index in [9.17, 15) is 0 Å². The average Bonchev–Trinajstić information content (AvgIpc) is 2.30. The molecule has 0 fully saturated rings. The lowest BCUT2D eigenvalue weighted by molar-refractivity contribution is 0.805. The summed E-state index contributed by atoms with van der Waals surface area (Å²) < 4.78 is 1.14. The minimum atomic E-state index is 0.0894. The molecule has 0 radical (unpaired) electrons. The van der Waals surface area contributed by atoms with Crippen LogP contribution in [0.5, 0.6) is 0 Å². The van der Waals surface area contributed by atoms with Gasteiger partial charge in [0.1, 0.15) is 0 Å². The van der Waals surface area contributed by atoms with Gasteiger partial charge in [0.15, 0.2) is 0 Å². The van der Waals surface area contributed by atoms with Gasteiger partial charge in [-0.2, -0.15) is 0 Å². The summed E-state index contributed by atoms with van der Waals surface area (Å²) in [5.41, 5.74) is 8.29. The Morgan fingerprint density at radius 3 is 2.75 bits per heavy atom. The van der Waals surface area contributed by atoms with Gasteiger partial charge in [-0.05, 0) is 47.0 Å². The maximum atomic E-state index is 5.87. The normalized spacial score (nSPS) is 17.6. The van der Waals surface area contributed by atoms with Crippen molar-refractivity contribution in [2.75, 3.05) is 18.0 Å². The zero-order valence-electron chi connectivity index (χ0n) is 9.49. The molecule has 0 aromatic heterocycles. The monoisotopic (exact) mass is 280 g/mol. The van der Waals surface area contributed by atoms with Gasteiger partial charge >= 0.3 is 0 Å². The summed E-state index contributed by atoms with van der Waals surface area (Å²) in [5, 5.41) is 0. The number of hydrogen-bond donors (Lipinski definition) is 1. The number of halogens is 1. The molecular formula is C13H17BrN2. The smallest absolute Gasteiger partial charge is 0.0513 e. The van der Waals surface area contributed by atoms with Crippen LogP contribution in [0.2, 0.25) is 0 Å². The predicted molar refractivity (Wildman–Crippen MR) is 72.7 cm³/mol. The number of hydrogen-bond acceptors (Lipinski definition) is 2. The minimum Gasteiger partial charge on any atom is -0.367 e. The fraction of sp³-hybridized carbons (Fsp3) is 0.385. The van der Waals surface area contributed by atoms with E-state index in [1.54, 1.807) is 0 Å². The molecule has 16 heavy (non-hydrogen) atoms. The largest absolute Gasteiger partial charge is 0.367 e. The summed E-state index contributed by atoms with van der Waals surface area (Å²) in [5.74, 6) is 0. The maximum Gasteiger partial charge on any atom is 0.0513 e. The van der Waals surface area contributed by atoms with Crippen LogP contribution in [0.1, 0.15) is 24.9 Å². The van der Waals surface area contributed by atoms with Crippen molar-refractivity contribution in [3.63, 3.8) is 0 Å². The Labute approximate surface area is 105 Å². The maximum absolute atomic E-state index is 5.87. The summed E-state index contributed by atoms with van der Waals surface area (Å²) >= 11 is 3.63. The Kier molecular flexibility index (Phi) is 3.66. The summed E-state index contributed by atoms with van der Waals surface area (Å²) in [4.78, 5) is 2.37.